The summed E-state index contributed by atoms with van der Waals surface area (Å²) in [5.74, 6) is 0. The SMILES string of the molecule is CCCCCCCCCCCCCCCCN[n+]1ccccc1. The van der Waals surface area contributed by atoms with E-state index in [4.69, 9.17) is 0 Å². The molecule has 0 saturated carbocycles. The molecule has 0 aromatic carbocycles. The van der Waals surface area contributed by atoms with E-state index >= 15 is 0 Å². The summed E-state index contributed by atoms with van der Waals surface area (Å²) in [4.78, 5) is 0. The Morgan fingerprint density at radius 1 is 0.565 bits per heavy atom. The van der Waals surface area contributed by atoms with E-state index in [1.807, 2.05) is 10.7 Å². The largest absolute Gasteiger partial charge is 0.199 e. The van der Waals surface area contributed by atoms with Crippen LogP contribution in [0.3, 0.4) is 0 Å². The summed E-state index contributed by atoms with van der Waals surface area (Å²) in [7, 11) is 0. The lowest BCUT2D eigenvalue weighted by Gasteiger charge is -2.03. The third kappa shape index (κ3) is 13.1. The van der Waals surface area contributed by atoms with Gasteiger partial charge in [-0.3, -0.25) is 0 Å². The van der Waals surface area contributed by atoms with Crippen LogP contribution in [0.1, 0.15) is 96.8 Å². The molecule has 0 fully saturated rings. The van der Waals surface area contributed by atoms with Crippen LogP contribution in [0.2, 0.25) is 0 Å². The maximum atomic E-state index is 3.40. The van der Waals surface area contributed by atoms with Gasteiger partial charge >= 0.3 is 0 Å². The molecule has 1 aromatic heterocycles. The average molecular weight is 320 g/mol. The molecule has 0 amide bonds. The Morgan fingerprint density at radius 2 is 1.00 bits per heavy atom. The Kier molecular flexibility index (Phi) is 13.8. The van der Waals surface area contributed by atoms with Gasteiger partial charge < -0.3 is 0 Å². The molecule has 2 nitrogen and oxygen atoms in total. The number of nitrogens with one attached hydrogen (secondary N) is 1. The zero-order valence-corrected chi connectivity index (χ0v) is 15.4. The molecule has 0 bridgehead atoms. The number of pyridine rings is 1. The van der Waals surface area contributed by atoms with E-state index in [1.165, 1.54) is 89.9 Å². The molecule has 1 heterocycles. The second-order valence-corrected chi connectivity index (χ2v) is 6.79. The normalized spacial score (nSPS) is 10.8. The van der Waals surface area contributed by atoms with Crippen molar-refractivity contribution in [2.75, 3.05) is 12.0 Å². The minimum absolute atomic E-state index is 1.08. The van der Waals surface area contributed by atoms with Crippen LogP contribution in [-0.2, 0) is 0 Å². The van der Waals surface area contributed by atoms with Crippen molar-refractivity contribution in [2.45, 2.75) is 96.8 Å². The van der Waals surface area contributed by atoms with Gasteiger partial charge in [-0.25, -0.2) is 0 Å². The van der Waals surface area contributed by atoms with E-state index in [0.29, 0.717) is 0 Å². The molecule has 0 atom stereocenters. The van der Waals surface area contributed by atoms with E-state index in [-0.39, 0.29) is 0 Å². The fourth-order valence-corrected chi connectivity index (χ4v) is 3.03. The van der Waals surface area contributed by atoms with E-state index < -0.39 is 0 Å². The number of hydrogen-bond acceptors (Lipinski definition) is 1. The number of hydrogen-bond donors (Lipinski definition) is 1. The highest BCUT2D eigenvalue weighted by atomic mass is 15.4. The summed E-state index contributed by atoms with van der Waals surface area (Å²) in [6, 6.07) is 6.15. The maximum Gasteiger partial charge on any atom is 0.199 e. The monoisotopic (exact) mass is 319 g/mol. The van der Waals surface area contributed by atoms with Gasteiger partial charge in [0.25, 0.3) is 0 Å². The first-order valence-corrected chi connectivity index (χ1v) is 10.1. The molecule has 1 N–H and O–H groups in total. The summed E-state index contributed by atoms with van der Waals surface area (Å²) in [5, 5.41) is 0. The van der Waals surface area contributed by atoms with Crippen LogP contribution in [-0.4, -0.2) is 6.54 Å². The van der Waals surface area contributed by atoms with Crippen molar-refractivity contribution >= 4 is 0 Å². The molecule has 1 aromatic rings. The van der Waals surface area contributed by atoms with Crippen LogP contribution in [0.15, 0.2) is 30.6 Å². The highest BCUT2D eigenvalue weighted by Crippen LogP contribution is 2.12. The lowest BCUT2D eigenvalue weighted by molar-refractivity contribution is -0.650. The third-order valence-corrected chi connectivity index (χ3v) is 4.54. The van der Waals surface area contributed by atoms with E-state index in [1.54, 1.807) is 0 Å². The fraction of sp³-hybridized carbons (Fsp3) is 0.762. The molecule has 0 aliphatic heterocycles. The first-order chi connectivity index (χ1) is 11.4. The van der Waals surface area contributed by atoms with Gasteiger partial charge in [-0.1, -0.05) is 101 Å². The van der Waals surface area contributed by atoms with Gasteiger partial charge in [-0.05, 0) is 6.42 Å². The molecule has 0 radical (unpaired) electrons. The predicted octanol–water partition coefficient (Wildman–Crippen LogP) is 6.00. The third-order valence-electron chi connectivity index (χ3n) is 4.54. The van der Waals surface area contributed by atoms with Crippen molar-refractivity contribution in [3.05, 3.63) is 30.6 Å². The fourth-order valence-electron chi connectivity index (χ4n) is 3.03. The summed E-state index contributed by atoms with van der Waals surface area (Å²) < 4.78 is 2.04. The molecule has 23 heavy (non-hydrogen) atoms. The minimum Gasteiger partial charge on any atom is -0.193 e. The van der Waals surface area contributed by atoms with Gasteiger partial charge in [0.2, 0.25) is 0 Å². The summed E-state index contributed by atoms with van der Waals surface area (Å²) in [5.41, 5.74) is 3.40. The quantitative estimate of drug-likeness (QED) is 0.292. The van der Waals surface area contributed by atoms with Crippen molar-refractivity contribution in [2.24, 2.45) is 0 Å². The van der Waals surface area contributed by atoms with E-state index in [0.717, 1.165) is 6.54 Å². The first-order valence-electron chi connectivity index (χ1n) is 10.1. The lowest BCUT2D eigenvalue weighted by Crippen LogP contribution is -2.44. The van der Waals surface area contributed by atoms with Gasteiger partial charge in [0.05, 0.1) is 6.54 Å². The van der Waals surface area contributed by atoms with Crippen molar-refractivity contribution in [1.29, 1.82) is 0 Å². The zero-order valence-electron chi connectivity index (χ0n) is 15.4. The molecule has 0 saturated heterocycles. The summed E-state index contributed by atoms with van der Waals surface area (Å²) in [6.45, 7) is 3.37. The molecule has 1 rings (SSSR count). The second-order valence-electron chi connectivity index (χ2n) is 6.79. The maximum absolute atomic E-state index is 3.40. The number of unbranched alkanes of at least 4 members (excludes halogenated alkanes) is 13. The Balaban J connectivity index is 1.72. The van der Waals surface area contributed by atoms with Crippen LogP contribution >= 0.6 is 0 Å². The Morgan fingerprint density at radius 3 is 1.48 bits per heavy atom. The van der Waals surface area contributed by atoms with Crippen molar-refractivity contribution in [3.63, 3.8) is 0 Å². The first kappa shape index (κ1) is 20.0. The summed E-state index contributed by atoms with van der Waals surface area (Å²) >= 11 is 0. The highest BCUT2D eigenvalue weighted by Gasteiger charge is 1.96. The molecule has 132 valence electrons. The molecule has 2 heteroatoms. The van der Waals surface area contributed by atoms with Gasteiger partial charge in [0.1, 0.15) is 0 Å². The van der Waals surface area contributed by atoms with Gasteiger partial charge in [0.15, 0.2) is 12.4 Å². The highest BCUT2D eigenvalue weighted by molar-refractivity contribution is 4.84. The lowest BCUT2D eigenvalue weighted by atomic mass is 10.0. The smallest absolute Gasteiger partial charge is 0.193 e. The predicted molar refractivity (Wildman–Crippen MR) is 101 cm³/mol. The Hall–Kier alpha value is -1.05. The number of aromatic nitrogens is 1. The minimum atomic E-state index is 1.08. The standard InChI is InChI=1S/C21H39N2/c1-2-3-4-5-6-7-8-9-10-11-12-13-14-16-19-22-23-20-17-15-18-21-23/h15,17-18,20-22H,2-14,16,19H2,1H3/q+1. The van der Waals surface area contributed by atoms with Gasteiger partial charge in [-0.2, -0.15) is 5.43 Å². The summed E-state index contributed by atoms with van der Waals surface area (Å²) in [6.07, 6.45) is 24.0. The van der Waals surface area contributed by atoms with Crippen molar-refractivity contribution in [1.82, 2.24) is 0 Å². The van der Waals surface area contributed by atoms with Crippen LogP contribution in [0.5, 0.6) is 0 Å². The van der Waals surface area contributed by atoms with Crippen LogP contribution < -0.4 is 10.1 Å². The molecule has 0 spiro atoms. The molecule has 0 unspecified atom stereocenters. The molecular weight excluding hydrogens is 280 g/mol. The Bertz CT molecular complexity index is 337. The Labute approximate surface area is 144 Å². The molecule has 0 aliphatic carbocycles. The molecule has 0 aliphatic rings. The van der Waals surface area contributed by atoms with Crippen LogP contribution in [0.25, 0.3) is 0 Å². The van der Waals surface area contributed by atoms with Crippen LogP contribution in [0, 0.1) is 0 Å². The van der Waals surface area contributed by atoms with E-state index in [2.05, 4.69) is 36.9 Å². The van der Waals surface area contributed by atoms with Crippen molar-refractivity contribution < 1.29 is 4.68 Å². The van der Waals surface area contributed by atoms with Gasteiger partial charge in [0, 0.05) is 12.1 Å². The van der Waals surface area contributed by atoms with E-state index in [9.17, 15) is 0 Å². The topological polar surface area (TPSA) is 15.9 Å². The zero-order chi connectivity index (χ0) is 16.4. The number of rotatable bonds is 16. The average Bonchev–Trinajstić information content (AvgIpc) is 2.59. The van der Waals surface area contributed by atoms with Gasteiger partial charge in [-0.15, -0.1) is 0 Å². The van der Waals surface area contributed by atoms with Crippen molar-refractivity contribution in [3.8, 4) is 0 Å². The second kappa shape index (κ2) is 15.8. The molecular formula is C21H39N2+. The van der Waals surface area contributed by atoms with Crippen LogP contribution in [0.4, 0.5) is 0 Å². The number of nitrogens with zero attached hydrogens (tertiary/aromatic N) is 1.